The second kappa shape index (κ2) is 10.0. The van der Waals surface area contributed by atoms with Crippen molar-refractivity contribution < 1.29 is 9.15 Å². The van der Waals surface area contributed by atoms with Crippen LogP contribution in [0.15, 0.2) is 64.2 Å². The maximum atomic E-state index is 5.73. The SMILES string of the molecule is COc1ccc(-c2nnc(SCCCCCn3nnc(-c4ccccc4)n3)o2)cc1. The number of ether oxygens (including phenoxy) is 1. The molecule has 0 spiro atoms. The molecule has 9 heteroatoms. The van der Waals surface area contributed by atoms with E-state index in [0.29, 0.717) is 16.9 Å². The highest BCUT2D eigenvalue weighted by Gasteiger charge is 2.09. The van der Waals surface area contributed by atoms with E-state index in [9.17, 15) is 0 Å². The van der Waals surface area contributed by atoms with Gasteiger partial charge in [-0.2, -0.15) is 4.80 Å². The number of thioether (sulfide) groups is 1. The van der Waals surface area contributed by atoms with Crippen LogP contribution in [0.1, 0.15) is 19.3 Å². The molecule has 0 aliphatic heterocycles. The van der Waals surface area contributed by atoms with Crippen molar-refractivity contribution in [3.05, 3.63) is 54.6 Å². The van der Waals surface area contributed by atoms with Gasteiger partial charge in [-0.1, -0.05) is 48.5 Å². The minimum Gasteiger partial charge on any atom is -0.497 e. The fourth-order valence-corrected chi connectivity index (χ4v) is 3.61. The van der Waals surface area contributed by atoms with Gasteiger partial charge in [-0.05, 0) is 42.3 Å². The number of rotatable bonds is 10. The molecule has 4 aromatic rings. The van der Waals surface area contributed by atoms with Crippen LogP contribution >= 0.6 is 11.8 Å². The average molecular weight is 423 g/mol. The standard InChI is InChI=1S/C21H22N6O2S/c1-28-18-12-10-17(11-13-18)20-23-24-21(29-20)30-15-7-3-6-14-27-25-19(22-26-27)16-8-4-2-5-9-16/h2,4-5,8-13H,3,6-7,14-15H2,1H3. The molecule has 4 rings (SSSR count). The zero-order valence-corrected chi connectivity index (χ0v) is 17.5. The molecule has 30 heavy (non-hydrogen) atoms. The van der Waals surface area contributed by atoms with Gasteiger partial charge < -0.3 is 9.15 Å². The minimum absolute atomic E-state index is 0.520. The number of hydrogen-bond donors (Lipinski definition) is 0. The molecule has 154 valence electrons. The van der Waals surface area contributed by atoms with Gasteiger partial charge in [-0.25, -0.2) is 0 Å². The molecule has 0 aliphatic carbocycles. The summed E-state index contributed by atoms with van der Waals surface area (Å²) in [6.45, 7) is 0.757. The topological polar surface area (TPSA) is 91.8 Å². The summed E-state index contributed by atoms with van der Waals surface area (Å²) in [5.74, 6) is 2.90. The molecule has 0 amide bonds. The molecular formula is C21H22N6O2S. The number of hydrogen-bond acceptors (Lipinski definition) is 8. The first kappa shape index (κ1) is 20.1. The Bertz CT molecular complexity index is 1050. The number of methoxy groups -OCH3 is 1. The van der Waals surface area contributed by atoms with Crippen LogP contribution in [0.5, 0.6) is 5.75 Å². The van der Waals surface area contributed by atoms with Gasteiger partial charge in [0.15, 0.2) is 0 Å². The molecular weight excluding hydrogens is 400 g/mol. The molecule has 0 atom stereocenters. The van der Waals surface area contributed by atoms with Crippen LogP contribution in [0, 0.1) is 0 Å². The summed E-state index contributed by atoms with van der Waals surface area (Å²) in [6.07, 6.45) is 3.10. The largest absolute Gasteiger partial charge is 0.497 e. The predicted octanol–water partition coefficient (Wildman–Crippen LogP) is 4.36. The smallest absolute Gasteiger partial charge is 0.276 e. The molecule has 0 radical (unpaired) electrons. The van der Waals surface area contributed by atoms with E-state index in [2.05, 4.69) is 25.6 Å². The van der Waals surface area contributed by atoms with E-state index in [1.807, 2.05) is 54.6 Å². The first-order chi connectivity index (χ1) is 14.8. The molecule has 0 unspecified atom stereocenters. The van der Waals surface area contributed by atoms with Crippen molar-refractivity contribution in [1.29, 1.82) is 0 Å². The number of benzene rings is 2. The summed E-state index contributed by atoms with van der Waals surface area (Å²) in [7, 11) is 1.64. The quantitative estimate of drug-likeness (QED) is 0.275. The fourth-order valence-electron chi connectivity index (χ4n) is 2.85. The van der Waals surface area contributed by atoms with Gasteiger partial charge in [0.05, 0.1) is 13.7 Å². The maximum Gasteiger partial charge on any atom is 0.276 e. The Kier molecular flexibility index (Phi) is 6.71. The van der Waals surface area contributed by atoms with Gasteiger partial charge in [0.2, 0.25) is 11.7 Å². The zero-order valence-electron chi connectivity index (χ0n) is 16.6. The molecule has 2 aromatic heterocycles. The molecule has 0 bridgehead atoms. The number of nitrogens with zero attached hydrogens (tertiary/aromatic N) is 6. The van der Waals surface area contributed by atoms with Gasteiger partial charge in [-0.15, -0.1) is 20.4 Å². The highest BCUT2D eigenvalue weighted by Crippen LogP contribution is 2.25. The van der Waals surface area contributed by atoms with Gasteiger partial charge in [-0.3, -0.25) is 0 Å². The Morgan fingerprint density at radius 3 is 2.53 bits per heavy atom. The molecule has 2 aromatic carbocycles. The maximum absolute atomic E-state index is 5.73. The van der Waals surface area contributed by atoms with Gasteiger partial charge >= 0.3 is 0 Å². The normalized spacial score (nSPS) is 11.0. The lowest BCUT2D eigenvalue weighted by Gasteiger charge is -2.00. The highest BCUT2D eigenvalue weighted by molar-refractivity contribution is 7.99. The molecule has 0 N–H and O–H groups in total. The molecule has 2 heterocycles. The second-order valence-electron chi connectivity index (χ2n) is 6.59. The van der Waals surface area contributed by atoms with Crippen LogP contribution in [-0.4, -0.2) is 43.3 Å². The number of aromatic nitrogens is 6. The highest BCUT2D eigenvalue weighted by atomic mass is 32.2. The Morgan fingerprint density at radius 1 is 0.900 bits per heavy atom. The average Bonchev–Trinajstić information content (AvgIpc) is 3.47. The van der Waals surface area contributed by atoms with Crippen molar-refractivity contribution in [2.45, 2.75) is 31.0 Å². The van der Waals surface area contributed by atoms with E-state index >= 15 is 0 Å². The van der Waals surface area contributed by atoms with Crippen LogP contribution < -0.4 is 4.74 Å². The predicted molar refractivity (Wildman–Crippen MR) is 114 cm³/mol. The number of tetrazole rings is 1. The lowest BCUT2D eigenvalue weighted by atomic mass is 10.2. The van der Waals surface area contributed by atoms with Crippen LogP contribution in [0.25, 0.3) is 22.8 Å². The van der Waals surface area contributed by atoms with Crippen molar-refractivity contribution >= 4 is 11.8 Å². The monoisotopic (exact) mass is 422 g/mol. The van der Waals surface area contributed by atoms with Crippen LogP contribution in [0.3, 0.4) is 0 Å². The summed E-state index contributed by atoms with van der Waals surface area (Å²) >= 11 is 1.58. The van der Waals surface area contributed by atoms with Gasteiger partial charge in [0, 0.05) is 16.9 Å². The molecule has 0 aliphatic rings. The van der Waals surface area contributed by atoms with E-state index in [1.165, 1.54) is 0 Å². The Balaban J connectivity index is 1.16. The van der Waals surface area contributed by atoms with E-state index < -0.39 is 0 Å². The van der Waals surface area contributed by atoms with Crippen LogP contribution in [0.2, 0.25) is 0 Å². The molecule has 0 saturated heterocycles. The van der Waals surface area contributed by atoms with E-state index in [4.69, 9.17) is 9.15 Å². The lowest BCUT2D eigenvalue weighted by Crippen LogP contribution is -2.02. The van der Waals surface area contributed by atoms with E-state index in [-0.39, 0.29) is 0 Å². The summed E-state index contributed by atoms with van der Waals surface area (Å²) in [5, 5.41) is 21.5. The molecule has 0 saturated carbocycles. The summed E-state index contributed by atoms with van der Waals surface area (Å²) in [4.78, 5) is 1.66. The summed E-state index contributed by atoms with van der Waals surface area (Å²) < 4.78 is 10.9. The Morgan fingerprint density at radius 2 is 1.73 bits per heavy atom. The van der Waals surface area contributed by atoms with E-state index in [1.54, 1.807) is 23.7 Å². The van der Waals surface area contributed by atoms with Crippen molar-refractivity contribution in [2.75, 3.05) is 12.9 Å². The van der Waals surface area contributed by atoms with Gasteiger partial charge in [0.1, 0.15) is 5.75 Å². The fraction of sp³-hybridized carbons (Fsp3) is 0.286. The minimum atomic E-state index is 0.520. The number of unbranched alkanes of at least 4 members (excludes halogenated alkanes) is 2. The Hall–Kier alpha value is -3.20. The van der Waals surface area contributed by atoms with Crippen molar-refractivity contribution in [3.63, 3.8) is 0 Å². The van der Waals surface area contributed by atoms with Crippen molar-refractivity contribution in [2.24, 2.45) is 0 Å². The zero-order chi connectivity index (χ0) is 20.6. The molecule has 0 fully saturated rings. The Labute approximate surface area is 178 Å². The van der Waals surface area contributed by atoms with Crippen LogP contribution in [0.4, 0.5) is 0 Å². The summed E-state index contributed by atoms with van der Waals surface area (Å²) in [6, 6.07) is 17.4. The second-order valence-corrected chi connectivity index (χ2v) is 7.63. The van der Waals surface area contributed by atoms with Crippen molar-refractivity contribution in [3.8, 4) is 28.6 Å². The summed E-state index contributed by atoms with van der Waals surface area (Å²) in [5.41, 5.74) is 1.86. The first-order valence-corrected chi connectivity index (χ1v) is 10.7. The molecule has 8 nitrogen and oxygen atoms in total. The van der Waals surface area contributed by atoms with Gasteiger partial charge in [0.25, 0.3) is 5.22 Å². The van der Waals surface area contributed by atoms with Crippen LogP contribution in [-0.2, 0) is 6.54 Å². The number of aryl methyl sites for hydroxylation is 1. The third-order valence-corrected chi connectivity index (χ3v) is 5.36. The lowest BCUT2D eigenvalue weighted by molar-refractivity contribution is 0.414. The third kappa shape index (κ3) is 5.24. The third-order valence-electron chi connectivity index (χ3n) is 4.46. The van der Waals surface area contributed by atoms with E-state index in [0.717, 1.165) is 48.4 Å². The first-order valence-electron chi connectivity index (χ1n) is 9.76. The van der Waals surface area contributed by atoms with Crippen molar-refractivity contribution in [1.82, 2.24) is 30.4 Å².